The molecule has 112 valence electrons. The molecule has 3 rings (SSSR count). The van der Waals surface area contributed by atoms with Crippen LogP contribution >= 0.6 is 0 Å². The van der Waals surface area contributed by atoms with Gasteiger partial charge in [0.05, 0.1) is 5.39 Å². The maximum Gasteiger partial charge on any atom is 0.354 e. The van der Waals surface area contributed by atoms with Crippen molar-refractivity contribution in [2.24, 2.45) is 0 Å². The van der Waals surface area contributed by atoms with E-state index >= 15 is 0 Å². The van der Waals surface area contributed by atoms with Crippen LogP contribution in [0.3, 0.4) is 0 Å². The molecule has 22 heavy (non-hydrogen) atoms. The summed E-state index contributed by atoms with van der Waals surface area (Å²) in [6.07, 6.45) is 0. The molecule has 1 unspecified atom stereocenters. The molecule has 1 N–H and O–H groups in total. The summed E-state index contributed by atoms with van der Waals surface area (Å²) in [7, 11) is 0. The average Bonchev–Trinajstić information content (AvgIpc) is 2.90. The van der Waals surface area contributed by atoms with Gasteiger partial charge in [0.2, 0.25) is 5.75 Å². The molecule has 0 saturated carbocycles. The van der Waals surface area contributed by atoms with E-state index in [4.69, 9.17) is 9.63 Å². The third-order valence-corrected chi connectivity index (χ3v) is 4.38. The maximum atomic E-state index is 13.8. The predicted molar refractivity (Wildman–Crippen MR) is 78.3 cm³/mol. The molecule has 0 aliphatic rings. The molecule has 0 fully saturated rings. The summed E-state index contributed by atoms with van der Waals surface area (Å²) < 4.78 is 30.8. The van der Waals surface area contributed by atoms with Crippen molar-refractivity contribution in [3.8, 4) is 11.3 Å². The number of fused-ring (bicyclic) bond motifs is 1. The van der Waals surface area contributed by atoms with Gasteiger partial charge >= 0.3 is 5.97 Å². The summed E-state index contributed by atoms with van der Waals surface area (Å²) in [6.45, 7) is 0. The highest BCUT2D eigenvalue weighted by molar-refractivity contribution is 7.92. The Labute approximate surface area is 127 Å². The largest absolute Gasteiger partial charge is 0.611 e. The van der Waals surface area contributed by atoms with E-state index in [0.29, 0.717) is 27.1 Å². The lowest BCUT2D eigenvalue weighted by atomic mass is 10.1. The van der Waals surface area contributed by atoms with Crippen LogP contribution in [0.2, 0.25) is 0 Å². The second-order valence-corrected chi connectivity index (χ2v) is 6.00. The molecule has 0 aliphatic heterocycles. The minimum absolute atomic E-state index is 0.306. The van der Waals surface area contributed by atoms with E-state index in [9.17, 15) is 13.7 Å². The quantitative estimate of drug-likeness (QED) is 0.747. The summed E-state index contributed by atoms with van der Waals surface area (Å²) in [6, 6.07) is 10.8. The fraction of sp³-hybridized carbons (Fsp3) is 0.0667. The van der Waals surface area contributed by atoms with Gasteiger partial charge in [-0.2, -0.15) is 0 Å². The molecular formula is C15H10FNO4S. The Hall–Kier alpha value is -2.38. The van der Waals surface area contributed by atoms with Crippen LogP contribution in [0.1, 0.15) is 0 Å². The Kier molecular flexibility index (Phi) is 3.82. The highest BCUT2D eigenvalue weighted by Gasteiger charge is 2.19. The maximum absolute atomic E-state index is 13.8. The van der Waals surface area contributed by atoms with Gasteiger partial charge in [-0.3, -0.25) is 0 Å². The summed E-state index contributed by atoms with van der Waals surface area (Å²) in [5.41, 5.74) is 0.985. The summed E-state index contributed by atoms with van der Waals surface area (Å²) >= 11 is -1.67. The van der Waals surface area contributed by atoms with Crippen LogP contribution in [0.5, 0.6) is 0 Å². The van der Waals surface area contributed by atoms with Crippen molar-refractivity contribution in [2.45, 2.75) is 4.90 Å². The third-order valence-electron chi connectivity index (χ3n) is 3.09. The van der Waals surface area contributed by atoms with Gasteiger partial charge in [-0.1, -0.05) is 17.3 Å². The van der Waals surface area contributed by atoms with Crippen LogP contribution in [0, 0.1) is 5.82 Å². The van der Waals surface area contributed by atoms with Gasteiger partial charge in [-0.05, 0) is 35.4 Å². The molecule has 0 amide bonds. The molecule has 0 saturated heterocycles. The zero-order valence-corrected chi connectivity index (χ0v) is 12.0. The van der Waals surface area contributed by atoms with E-state index in [0.717, 1.165) is 0 Å². The second kappa shape index (κ2) is 5.78. The standard InChI is InChI=1S/C15H10FNO4S/c16-12-4-2-1-3-10(12)15-11-6-5-9(7-13(11)21-17-15)22(20)8-14(18)19/h1-7H,8H2,(H,18,19). The number of nitrogens with zero attached hydrogens (tertiary/aromatic N) is 1. The van der Waals surface area contributed by atoms with Gasteiger partial charge in [0.25, 0.3) is 0 Å². The summed E-state index contributed by atoms with van der Waals surface area (Å²) in [4.78, 5) is 10.9. The van der Waals surface area contributed by atoms with Crippen molar-refractivity contribution in [3.05, 3.63) is 48.3 Å². The molecule has 2 aromatic carbocycles. The SMILES string of the molecule is O=C(O)C[S+]([O-])c1ccc2c(-c3ccccc3F)noc2c1. The topological polar surface area (TPSA) is 86.4 Å². The molecule has 0 aliphatic carbocycles. The van der Waals surface area contributed by atoms with Gasteiger partial charge in [-0.15, -0.1) is 0 Å². The Bertz CT molecular complexity index is 848. The van der Waals surface area contributed by atoms with E-state index in [-0.39, 0.29) is 0 Å². The van der Waals surface area contributed by atoms with E-state index in [1.54, 1.807) is 24.3 Å². The molecule has 0 spiro atoms. The Morgan fingerprint density at radius 1 is 1.32 bits per heavy atom. The molecule has 3 aromatic rings. The lowest BCUT2D eigenvalue weighted by Gasteiger charge is -2.07. The fourth-order valence-electron chi connectivity index (χ4n) is 2.10. The first-order valence-corrected chi connectivity index (χ1v) is 7.62. The molecule has 7 heteroatoms. The van der Waals surface area contributed by atoms with Crippen LogP contribution < -0.4 is 0 Å². The first-order chi connectivity index (χ1) is 10.6. The van der Waals surface area contributed by atoms with Crippen LogP contribution in [-0.4, -0.2) is 26.5 Å². The first-order valence-electron chi connectivity index (χ1n) is 6.31. The number of hydrogen-bond donors (Lipinski definition) is 1. The lowest BCUT2D eigenvalue weighted by molar-refractivity contribution is -0.134. The Morgan fingerprint density at radius 2 is 2.09 bits per heavy atom. The zero-order valence-electron chi connectivity index (χ0n) is 11.2. The number of rotatable bonds is 4. The summed E-state index contributed by atoms with van der Waals surface area (Å²) in [5.74, 6) is -2.06. The molecule has 1 heterocycles. The van der Waals surface area contributed by atoms with Crippen LogP contribution in [-0.2, 0) is 16.0 Å². The van der Waals surface area contributed by atoms with Gasteiger partial charge in [0.15, 0.2) is 10.5 Å². The number of hydrogen-bond acceptors (Lipinski definition) is 4. The molecule has 0 bridgehead atoms. The predicted octanol–water partition coefficient (Wildman–Crippen LogP) is 2.83. The minimum Gasteiger partial charge on any atom is -0.611 e. The average molecular weight is 319 g/mol. The highest BCUT2D eigenvalue weighted by Crippen LogP contribution is 2.31. The van der Waals surface area contributed by atoms with E-state index in [2.05, 4.69) is 5.16 Å². The minimum atomic E-state index is -1.67. The van der Waals surface area contributed by atoms with Crippen molar-refractivity contribution in [3.63, 3.8) is 0 Å². The zero-order chi connectivity index (χ0) is 15.7. The number of benzene rings is 2. The van der Waals surface area contributed by atoms with Gasteiger partial charge < -0.3 is 14.2 Å². The van der Waals surface area contributed by atoms with Gasteiger partial charge in [0.1, 0.15) is 11.5 Å². The van der Waals surface area contributed by atoms with Crippen molar-refractivity contribution >= 4 is 28.1 Å². The molecule has 5 nitrogen and oxygen atoms in total. The van der Waals surface area contributed by atoms with Crippen molar-refractivity contribution < 1.29 is 23.4 Å². The normalized spacial score (nSPS) is 12.5. The Balaban J connectivity index is 2.03. The third kappa shape index (κ3) is 2.68. The van der Waals surface area contributed by atoms with E-state index < -0.39 is 28.7 Å². The van der Waals surface area contributed by atoms with Crippen molar-refractivity contribution in [1.29, 1.82) is 0 Å². The van der Waals surface area contributed by atoms with Crippen molar-refractivity contribution in [1.82, 2.24) is 5.16 Å². The number of aromatic nitrogens is 1. The van der Waals surface area contributed by atoms with Crippen molar-refractivity contribution in [2.75, 3.05) is 5.75 Å². The Morgan fingerprint density at radius 3 is 2.82 bits per heavy atom. The van der Waals surface area contributed by atoms with E-state index in [1.807, 2.05) is 0 Å². The number of halogens is 1. The second-order valence-electron chi connectivity index (χ2n) is 4.55. The van der Waals surface area contributed by atoms with Crippen LogP contribution in [0.25, 0.3) is 22.2 Å². The smallest absolute Gasteiger partial charge is 0.354 e. The molecule has 1 atom stereocenters. The van der Waals surface area contributed by atoms with Gasteiger partial charge in [-0.25, -0.2) is 9.18 Å². The number of carboxylic acid groups (broad SMARTS) is 1. The monoisotopic (exact) mass is 319 g/mol. The van der Waals surface area contributed by atoms with Crippen LogP contribution in [0.15, 0.2) is 51.9 Å². The van der Waals surface area contributed by atoms with Crippen LogP contribution in [0.4, 0.5) is 4.39 Å². The fourth-order valence-corrected chi connectivity index (χ4v) is 2.95. The first kappa shape index (κ1) is 14.6. The number of aliphatic carboxylic acids is 1. The number of carbonyl (C=O) groups is 1. The molecule has 0 radical (unpaired) electrons. The number of carboxylic acids is 1. The summed E-state index contributed by atoms with van der Waals surface area (Å²) in [5, 5.41) is 13.1. The lowest BCUT2D eigenvalue weighted by Crippen LogP contribution is -2.15. The van der Waals surface area contributed by atoms with E-state index in [1.165, 1.54) is 18.2 Å². The highest BCUT2D eigenvalue weighted by atomic mass is 32.2. The molecule has 1 aromatic heterocycles. The molecular weight excluding hydrogens is 309 g/mol. The van der Waals surface area contributed by atoms with Gasteiger partial charge in [0, 0.05) is 11.6 Å².